The molecule has 0 aliphatic rings. The Morgan fingerprint density at radius 1 is 0.517 bits per heavy atom. The van der Waals surface area contributed by atoms with E-state index in [1.807, 2.05) is 21.1 Å². The number of likely N-dealkylation sites (N-methyl/N-ethyl adjacent to an activating group) is 1. The molecule has 0 saturated carbocycles. The molecule has 2 unspecified atom stereocenters. The van der Waals surface area contributed by atoms with Crippen molar-refractivity contribution >= 4 is 17.9 Å². The van der Waals surface area contributed by atoms with Crippen molar-refractivity contribution in [2.75, 3.05) is 47.5 Å². The maximum Gasteiger partial charge on any atom is 0.306 e. The van der Waals surface area contributed by atoms with E-state index in [1.54, 1.807) is 0 Å². The molecule has 0 bridgehead atoms. The lowest BCUT2D eigenvalue weighted by atomic mass is 10.0. The van der Waals surface area contributed by atoms with E-state index in [2.05, 4.69) is 50.3 Å². The van der Waals surface area contributed by atoms with Crippen LogP contribution in [-0.4, -0.2) is 82.3 Å². The monoisotopic (exact) mass is 820 g/mol. The Hall–Kier alpha value is -2.49. The maximum atomic E-state index is 12.8. The van der Waals surface area contributed by atoms with Crippen molar-refractivity contribution in [3.8, 4) is 0 Å². The second-order valence-corrected chi connectivity index (χ2v) is 17.1. The van der Waals surface area contributed by atoms with Crippen molar-refractivity contribution in [1.29, 1.82) is 0 Å². The largest absolute Gasteiger partial charge is 0.545 e. The second-order valence-electron chi connectivity index (χ2n) is 17.1. The van der Waals surface area contributed by atoms with Gasteiger partial charge >= 0.3 is 11.9 Å². The molecule has 0 aromatic carbocycles. The highest BCUT2D eigenvalue weighted by Gasteiger charge is 2.21. The number of unbranched alkanes of at least 4 members (excludes halogenated alkanes) is 22. The SMILES string of the molecule is CCCCC/C=C\C/C=C\C/C=C\CCCCCCCCC(=O)OC(COC(=O)CCCCCCCCCCCCCCCC)COC(OCC[N+](C)(C)C)C(=O)[O-]. The lowest BCUT2D eigenvalue weighted by Gasteiger charge is -2.26. The van der Waals surface area contributed by atoms with Gasteiger partial charge in [0.2, 0.25) is 0 Å². The molecule has 0 spiro atoms. The van der Waals surface area contributed by atoms with E-state index >= 15 is 0 Å². The van der Waals surface area contributed by atoms with Crippen LogP contribution in [0, 0.1) is 0 Å². The summed E-state index contributed by atoms with van der Waals surface area (Å²) in [5.41, 5.74) is 0. The molecule has 0 amide bonds. The Morgan fingerprint density at radius 2 is 0.931 bits per heavy atom. The molecule has 0 aliphatic heterocycles. The molecule has 0 rings (SSSR count). The predicted octanol–water partition coefficient (Wildman–Crippen LogP) is 11.3. The molecule has 0 aromatic heterocycles. The van der Waals surface area contributed by atoms with E-state index in [0.29, 0.717) is 23.9 Å². The van der Waals surface area contributed by atoms with Gasteiger partial charge in [-0.15, -0.1) is 0 Å². The summed E-state index contributed by atoms with van der Waals surface area (Å²) < 4.78 is 22.6. The summed E-state index contributed by atoms with van der Waals surface area (Å²) in [5, 5.41) is 11.7. The van der Waals surface area contributed by atoms with Gasteiger partial charge in [0.05, 0.1) is 40.3 Å². The quantitative estimate of drug-likeness (QED) is 0.0197. The first-order valence-electron chi connectivity index (χ1n) is 23.6. The first-order chi connectivity index (χ1) is 28.1. The Kier molecular flexibility index (Phi) is 39.5. The minimum Gasteiger partial charge on any atom is -0.545 e. The second kappa shape index (κ2) is 41.3. The highest BCUT2D eigenvalue weighted by molar-refractivity contribution is 5.70. The third-order valence-corrected chi connectivity index (χ3v) is 10.1. The highest BCUT2D eigenvalue weighted by Crippen LogP contribution is 2.15. The number of ether oxygens (including phenoxy) is 4. The molecule has 0 aromatic rings. The van der Waals surface area contributed by atoms with Crippen LogP contribution in [0.15, 0.2) is 36.5 Å². The van der Waals surface area contributed by atoms with Crippen molar-refractivity contribution in [1.82, 2.24) is 0 Å². The summed E-state index contributed by atoms with van der Waals surface area (Å²) in [6.45, 7) is 4.70. The van der Waals surface area contributed by atoms with Crippen molar-refractivity contribution in [2.45, 2.75) is 212 Å². The van der Waals surface area contributed by atoms with Crippen LogP contribution in [0.25, 0.3) is 0 Å². The Labute approximate surface area is 356 Å². The van der Waals surface area contributed by atoms with Gasteiger partial charge in [0.1, 0.15) is 13.2 Å². The molecule has 0 radical (unpaired) electrons. The molecule has 58 heavy (non-hydrogen) atoms. The minimum absolute atomic E-state index is 0.145. The number of carbonyl (C=O) groups is 3. The zero-order chi connectivity index (χ0) is 42.8. The van der Waals surface area contributed by atoms with E-state index < -0.39 is 24.3 Å². The number of hydrogen-bond donors (Lipinski definition) is 0. The van der Waals surface area contributed by atoms with Crippen LogP contribution in [-0.2, 0) is 33.3 Å². The lowest BCUT2D eigenvalue weighted by molar-refractivity contribution is -0.870. The standard InChI is InChI=1S/C49H89NO8/c1-6-8-10-12-14-16-18-20-22-23-24-25-26-28-30-32-34-36-38-40-47(52)58-45(44-57-49(48(53)54)55-42-41-50(3,4)5)43-56-46(51)39-37-35-33-31-29-27-21-19-17-15-13-11-9-7-2/h14,16,20,22,24-25,45,49H,6-13,15,17-19,21,23,26-44H2,1-5H3/b16-14-,22-20-,25-24-. The highest BCUT2D eigenvalue weighted by atomic mass is 16.7. The summed E-state index contributed by atoms with van der Waals surface area (Å²) in [6, 6.07) is 0. The summed E-state index contributed by atoms with van der Waals surface area (Å²) in [4.78, 5) is 37.0. The predicted molar refractivity (Wildman–Crippen MR) is 237 cm³/mol. The smallest absolute Gasteiger partial charge is 0.306 e. The molecule has 338 valence electrons. The normalized spacial score (nSPS) is 13.2. The zero-order valence-electron chi connectivity index (χ0n) is 38.2. The van der Waals surface area contributed by atoms with Crippen LogP contribution >= 0.6 is 0 Å². The van der Waals surface area contributed by atoms with Crippen molar-refractivity contribution in [3.63, 3.8) is 0 Å². The van der Waals surface area contributed by atoms with Gasteiger partial charge < -0.3 is 33.3 Å². The van der Waals surface area contributed by atoms with Gasteiger partial charge in [-0.25, -0.2) is 0 Å². The number of hydrogen-bond acceptors (Lipinski definition) is 8. The van der Waals surface area contributed by atoms with Crippen LogP contribution in [0.3, 0.4) is 0 Å². The van der Waals surface area contributed by atoms with Crippen LogP contribution in [0.4, 0.5) is 0 Å². The number of carbonyl (C=O) groups excluding carboxylic acids is 3. The summed E-state index contributed by atoms with van der Waals surface area (Å²) in [6.07, 6.45) is 43.1. The number of rotatable bonds is 43. The fraction of sp³-hybridized carbons (Fsp3) is 0.816. The van der Waals surface area contributed by atoms with Crippen molar-refractivity contribution in [3.05, 3.63) is 36.5 Å². The fourth-order valence-corrected chi connectivity index (χ4v) is 6.42. The molecular formula is C49H89NO8. The number of aliphatic carboxylic acids is 1. The Bertz CT molecular complexity index is 1050. The average Bonchev–Trinajstić information content (AvgIpc) is 3.18. The van der Waals surface area contributed by atoms with Crippen LogP contribution in [0.5, 0.6) is 0 Å². The van der Waals surface area contributed by atoms with Crippen molar-refractivity contribution < 1.29 is 42.9 Å². The third-order valence-electron chi connectivity index (χ3n) is 10.1. The molecule has 0 heterocycles. The number of esters is 2. The van der Waals surface area contributed by atoms with Crippen LogP contribution < -0.4 is 5.11 Å². The van der Waals surface area contributed by atoms with E-state index in [-0.39, 0.29) is 32.2 Å². The average molecular weight is 820 g/mol. The summed E-state index contributed by atoms with van der Waals surface area (Å²) >= 11 is 0. The molecule has 9 nitrogen and oxygen atoms in total. The van der Waals surface area contributed by atoms with Gasteiger partial charge in [0.15, 0.2) is 12.4 Å². The number of allylic oxidation sites excluding steroid dienone is 6. The van der Waals surface area contributed by atoms with Crippen molar-refractivity contribution in [2.24, 2.45) is 0 Å². The zero-order valence-corrected chi connectivity index (χ0v) is 38.2. The number of quaternary nitrogens is 1. The van der Waals surface area contributed by atoms with E-state index in [0.717, 1.165) is 70.6 Å². The van der Waals surface area contributed by atoms with Gasteiger partial charge in [-0.3, -0.25) is 9.59 Å². The molecule has 0 saturated heterocycles. The van der Waals surface area contributed by atoms with Gasteiger partial charge in [-0.1, -0.05) is 172 Å². The fourth-order valence-electron chi connectivity index (χ4n) is 6.42. The molecule has 2 atom stereocenters. The van der Waals surface area contributed by atoms with E-state index in [1.165, 1.54) is 96.3 Å². The topological polar surface area (TPSA) is 111 Å². The van der Waals surface area contributed by atoms with E-state index in [9.17, 15) is 19.5 Å². The summed E-state index contributed by atoms with van der Waals surface area (Å²) in [5.74, 6) is -2.30. The maximum absolute atomic E-state index is 12.8. The number of carboxylic acid groups (broad SMARTS) is 1. The van der Waals surface area contributed by atoms with Crippen LogP contribution in [0.2, 0.25) is 0 Å². The molecule has 0 aliphatic carbocycles. The van der Waals surface area contributed by atoms with Gasteiger partial charge in [0.25, 0.3) is 0 Å². The minimum atomic E-state index is -1.62. The summed E-state index contributed by atoms with van der Waals surface area (Å²) in [7, 11) is 5.91. The third kappa shape index (κ3) is 41.7. The van der Waals surface area contributed by atoms with Gasteiger partial charge in [-0.05, 0) is 51.4 Å². The molecule has 0 fully saturated rings. The first kappa shape index (κ1) is 55.5. The van der Waals surface area contributed by atoms with Gasteiger partial charge in [0, 0.05) is 12.8 Å². The van der Waals surface area contributed by atoms with E-state index in [4.69, 9.17) is 18.9 Å². The Balaban J connectivity index is 4.42. The number of carboxylic acids is 1. The van der Waals surface area contributed by atoms with Gasteiger partial charge in [-0.2, -0.15) is 0 Å². The molecular weight excluding hydrogens is 731 g/mol. The molecule has 9 heteroatoms. The Morgan fingerprint density at radius 3 is 1.41 bits per heavy atom. The lowest BCUT2D eigenvalue weighted by Crippen LogP contribution is -2.44. The molecule has 0 N–H and O–H groups in total. The number of nitrogens with zero attached hydrogens (tertiary/aromatic N) is 1. The first-order valence-corrected chi connectivity index (χ1v) is 23.6. The van der Waals surface area contributed by atoms with Crippen LogP contribution in [0.1, 0.15) is 200 Å².